The molecule has 0 bridgehead atoms. The lowest BCUT2D eigenvalue weighted by molar-refractivity contribution is 0.0947. The lowest BCUT2D eigenvalue weighted by Crippen LogP contribution is -2.30. The van der Waals surface area contributed by atoms with Crippen LogP contribution in [0, 0.1) is 18.3 Å². The van der Waals surface area contributed by atoms with Crippen molar-refractivity contribution in [3.63, 3.8) is 0 Å². The molecule has 0 saturated carbocycles. The van der Waals surface area contributed by atoms with Crippen molar-refractivity contribution in [1.82, 2.24) is 19.9 Å². The Morgan fingerprint density at radius 3 is 2.79 bits per heavy atom. The van der Waals surface area contributed by atoms with Crippen LogP contribution in [0.1, 0.15) is 27.3 Å². The number of nitrogens with zero attached hydrogens (tertiary/aromatic N) is 3. The second-order valence-electron chi connectivity index (χ2n) is 7.62. The molecule has 0 spiro atoms. The minimum Gasteiger partial charge on any atom is -0.350 e. The monoisotopic (exact) mass is 481 g/mol. The highest BCUT2D eigenvalue weighted by atomic mass is 35.5. The number of imidazole rings is 1. The van der Waals surface area contributed by atoms with Crippen LogP contribution in [-0.4, -0.2) is 27.6 Å². The summed E-state index contributed by atoms with van der Waals surface area (Å²) >= 11 is 6.24. The average Bonchev–Trinajstić information content (AvgIpc) is 3.39. The molecule has 1 amide bonds. The fourth-order valence-corrected chi connectivity index (χ4v) is 6.22. The number of H-pyrrole nitrogens is 1. The Kier molecular flexibility index (Phi) is 6.13. The molecule has 0 aliphatic heterocycles. The van der Waals surface area contributed by atoms with Gasteiger partial charge >= 0.3 is 0 Å². The van der Waals surface area contributed by atoms with E-state index in [0.717, 1.165) is 11.3 Å². The molecule has 0 aliphatic rings. The van der Waals surface area contributed by atoms with E-state index in [1.54, 1.807) is 54.3 Å². The number of hydrogen-bond acceptors (Lipinski definition) is 5. The molecule has 4 rings (SSSR count). The molecule has 8 nitrogen and oxygen atoms in total. The molecule has 2 heterocycles. The SMILES string of the molecule is COP(=O)(c1cc(C)cc(C#N)c1)c1c(C(=O)NCc2cncn2C)[nH]c2ccc(Cl)cc12. The van der Waals surface area contributed by atoms with Crippen LogP contribution in [0.4, 0.5) is 0 Å². The van der Waals surface area contributed by atoms with Gasteiger partial charge in [-0.2, -0.15) is 5.26 Å². The third-order valence-corrected chi connectivity index (χ3v) is 8.13. The van der Waals surface area contributed by atoms with Crippen LogP contribution in [0.15, 0.2) is 48.9 Å². The van der Waals surface area contributed by atoms with Crippen LogP contribution in [0.5, 0.6) is 0 Å². The predicted molar refractivity (Wildman–Crippen MR) is 127 cm³/mol. The molecule has 33 heavy (non-hydrogen) atoms. The molecular weight excluding hydrogens is 461 g/mol. The van der Waals surface area contributed by atoms with Crippen LogP contribution in [0.3, 0.4) is 0 Å². The van der Waals surface area contributed by atoms with Crippen molar-refractivity contribution >= 4 is 46.4 Å². The first-order valence-corrected chi connectivity index (χ1v) is 12.0. The first-order chi connectivity index (χ1) is 15.8. The number of aryl methyl sites for hydroxylation is 2. The van der Waals surface area contributed by atoms with Gasteiger partial charge in [0.25, 0.3) is 13.3 Å². The van der Waals surface area contributed by atoms with Crippen LogP contribution in [-0.2, 0) is 22.7 Å². The lowest BCUT2D eigenvalue weighted by Gasteiger charge is -2.19. The van der Waals surface area contributed by atoms with E-state index < -0.39 is 13.3 Å². The number of aromatic nitrogens is 3. The zero-order valence-electron chi connectivity index (χ0n) is 18.2. The summed E-state index contributed by atoms with van der Waals surface area (Å²) in [6, 6.07) is 12.0. The number of fused-ring (bicyclic) bond motifs is 1. The fraction of sp³-hybridized carbons (Fsp3) is 0.174. The molecule has 0 saturated heterocycles. The standard InChI is InChI=1S/C23H21ClN5O3P/c1-14-6-15(10-25)8-18(7-14)33(31,32-3)22-19-9-16(24)4-5-20(19)28-21(22)23(30)27-12-17-11-26-13-29(17)2/h4-9,11,13,28H,12H2,1-3H3,(H,27,30). The Morgan fingerprint density at radius 2 is 2.12 bits per heavy atom. The smallest absolute Gasteiger partial charge is 0.268 e. The third-order valence-electron chi connectivity index (χ3n) is 5.39. The molecule has 0 fully saturated rings. The second-order valence-corrected chi connectivity index (χ2v) is 10.5. The number of halogens is 1. The van der Waals surface area contributed by atoms with E-state index in [1.807, 2.05) is 7.05 Å². The molecule has 2 N–H and O–H groups in total. The van der Waals surface area contributed by atoms with E-state index in [9.17, 15) is 14.6 Å². The van der Waals surface area contributed by atoms with Gasteiger partial charge in [-0.3, -0.25) is 9.36 Å². The Balaban J connectivity index is 1.89. The highest BCUT2D eigenvalue weighted by molar-refractivity contribution is 7.75. The summed E-state index contributed by atoms with van der Waals surface area (Å²) in [4.78, 5) is 20.4. The first kappa shape index (κ1) is 22.8. The maximum absolute atomic E-state index is 14.4. The van der Waals surface area contributed by atoms with E-state index in [2.05, 4.69) is 21.4 Å². The molecule has 2 aromatic carbocycles. The van der Waals surface area contributed by atoms with Gasteiger partial charge in [0.05, 0.1) is 35.5 Å². The van der Waals surface area contributed by atoms with Gasteiger partial charge in [-0.1, -0.05) is 11.6 Å². The average molecular weight is 482 g/mol. The van der Waals surface area contributed by atoms with Gasteiger partial charge in [0.15, 0.2) is 0 Å². The number of nitrogens with one attached hydrogen (secondary N) is 2. The molecule has 2 aromatic heterocycles. The molecule has 0 radical (unpaired) electrons. The highest BCUT2D eigenvalue weighted by Crippen LogP contribution is 2.47. The maximum atomic E-state index is 14.4. The van der Waals surface area contributed by atoms with Crippen molar-refractivity contribution in [2.75, 3.05) is 7.11 Å². The normalized spacial score (nSPS) is 12.9. The van der Waals surface area contributed by atoms with Gasteiger partial charge in [-0.15, -0.1) is 0 Å². The highest BCUT2D eigenvalue weighted by Gasteiger charge is 2.36. The Hall–Kier alpha value is -3.37. The van der Waals surface area contributed by atoms with Gasteiger partial charge in [0, 0.05) is 41.6 Å². The van der Waals surface area contributed by atoms with Gasteiger partial charge in [0.2, 0.25) is 0 Å². The summed E-state index contributed by atoms with van der Waals surface area (Å²) in [6.07, 6.45) is 3.30. The molecule has 168 valence electrons. The van der Waals surface area contributed by atoms with Gasteiger partial charge in [-0.25, -0.2) is 4.98 Å². The maximum Gasteiger partial charge on any atom is 0.268 e. The van der Waals surface area contributed by atoms with Gasteiger partial charge < -0.3 is 19.4 Å². The number of carbonyl (C=O) groups is 1. The molecular formula is C23H21ClN5O3P. The predicted octanol–water partition coefficient (Wildman–Crippen LogP) is 3.54. The van der Waals surface area contributed by atoms with Gasteiger partial charge in [-0.05, 0) is 48.9 Å². The summed E-state index contributed by atoms with van der Waals surface area (Å²) < 4.78 is 21.8. The Bertz CT molecular complexity index is 1470. The van der Waals surface area contributed by atoms with Crippen LogP contribution in [0.2, 0.25) is 5.02 Å². The number of carbonyl (C=O) groups excluding carboxylic acids is 1. The van der Waals surface area contributed by atoms with E-state index in [4.69, 9.17) is 16.1 Å². The Morgan fingerprint density at radius 1 is 1.33 bits per heavy atom. The molecule has 1 atom stereocenters. The number of hydrogen-bond donors (Lipinski definition) is 2. The van der Waals surface area contributed by atoms with Crippen molar-refractivity contribution in [3.05, 3.63) is 76.5 Å². The topological polar surface area (TPSA) is 113 Å². The molecule has 4 aromatic rings. The number of nitriles is 1. The van der Waals surface area contributed by atoms with Crippen molar-refractivity contribution in [1.29, 1.82) is 5.26 Å². The zero-order chi connectivity index (χ0) is 23.8. The largest absolute Gasteiger partial charge is 0.350 e. The zero-order valence-corrected chi connectivity index (χ0v) is 19.9. The lowest BCUT2D eigenvalue weighted by atomic mass is 10.2. The summed E-state index contributed by atoms with van der Waals surface area (Å²) in [7, 11) is -0.637. The minimum atomic E-state index is -3.79. The van der Waals surface area contributed by atoms with Crippen LogP contribution >= 0.6 is 19.0 Å². The summed E-state index contributed by atoms with van der Waals surface area (Å²) in [5.74, 6) is -0.455. The van der Waals surface area contributed by atoms with E-state index in [-0.39, 0.29) is 17.5 Å². The first-order valence-electron chi connectivity index (χ1n) is 10.00. The quantitative estimate of drug-likeness (QED) is 0.409. The van der Waals surface area contributed by atoms with Crippen molar-refractivity contribution in [2.45, 2.75) is 13.5 Å². The van der Waals surface area contributed by atoms with Gasteiger partial charge in [0.1, 0.15) is 5.69 Å². The molecule has 0 aliphatic carbocycles. The van der Waals surface area contributed by atoms with E-state index >= 15 is 0 Å². The van der Waals surface area contributed by atoms with Crippen molar-refractivity contribution < 1.29 is 13.9 Å². The number of amides is 1. The molecule has 1 unspecified atom stereocenters. The van der Waals surface area contributed by atoms with E-state index in [0.29, 0.717) is 26.8 Å². The van der Waals surface area contributed by atoms with E-state index in [1.165, 1.54) is 13.2 Å². The Labute approximate surface area is 195 Å². The van der Waals surface area contributed by atoms with Crippen molar-refractivity contribution in [2.24, 2.45) is 7.05 Å². The number of rotatable bonds is 6. The molecule has 10 heteroatoms. The third kappa shape index (κ3) is 4.19. The minimum absolute atomic E-state index is 0.111. The fourth-order valence-electron chi connectivity index (χ4n) is 3.76. The summed E-state index contributed by atoms with van der Waals surface area (Å²) in [5.41, 5.74) is 2.60. The second kappa shape index (κ2) is 8.87. The number of aromatic amines is 1. The summed E-state index contributed by atoms with van der Waals surface area (Å²) in [5, 5.41) is 13.7. The van der Waals surface area contributed by atoms with Crippen molar-refractivity contribution in [3.8, 4) is 6.07 Å². The summed E-state index contributed by atoms with van der Waals surface area (Å²) in [6.45, 7) is 2.03. The number of benzene rings is 2. The van der Waals surface area contributed by atoms with Crippen LogP contribution < -0.4 is 15.9 Å². The van der Waals surface area contributed by atoms with Crippen LogP contribution in [0.25, 0.3) is 10.9 Å².